The van der Waals surface area contributed by atoms with E-state index in [1.807, 2.05) is 18.2 Å². The van der Waals surface area contributed by atoms with Gasteiger partial charge < -0.3 is 15.5 Å². The van der Waals surface area contributed by atoms with Crippen molar-refractivity contribution in [1.82, 2.24) is 9.97 Å². The van der Waals surface area contributed by atoms with Crippen molar-refractivity contribution < 1.29 is 4.74 Å². The van der Waals surface area contributed by atoms with E-state index in [9.17, 15) is 0 Å². The summed E-state index contributed by atoms with van der Waals surface area (Å²) in [6.45, 7) is 0. The standard InChI is InChI=1S/C16H23N3OS/c1-20-11-8-9-13-14(10-11)19-16(18-13)21-15-7-5-3-2-4-6-12(15)17/h8-10,12,15H,2-7,17H2,1H3,(H,18,19). The molecule has 5 heteroatoms. The minimum atomic E-state index is 0.276. The van der Waals surface area contributed by atoms with Gasteiger partial charge in [-0.1, -0.05) is 37.4 Å². The zero-order valence-electron chi connectivity index (χ0n) is 12.5. The van der Waals surface area contributed by atoms with E-state index in [2.05, 4.69) is 9.97 Å². The van der Waals surface area contributed by atoms with Gasteiger partial charge in [0.05, 0.1) is 18.1 Å². The lowest BCUT2D eigenvalue weighted by Crippen LogP contribution is -2.33. The van der Waals surface area contributed by atoms with Gasteiger partial charge in [-0.05, 0) is 25.0 Å². The van der Waals surface area contributed by atoms with Gasteiger partial charge in [-0.15, -0.1) is 0 Å². The molecule has 1 saturated carbocycles. The van der Waals surface area contributed by atoms with Crippen molar-refractivity contribution >= 4 is 22.8 Å². The van der Waals surface area contributed by atoms with Crippen LogP contribution >= 0.6 is 11.8 Å². The summed E-state index contributed by atoms with van der Waals surface area (Å²) < 4.78 is 5.25. The number of aromatic nitrogens is 2. The van der Waals surface area contributed by atoms with Gasteiger partial charge in [0.2, 0.25) is 0 Å². The number of ether oxygens (including phenoxy) is 1. The summed E-state index contributed by atoms with van der Waals surface area (Å²) in [5, 5.41) is 1.44. The van der Waals surface area contributed by atoms with Gasteiger partial charge in [0.1, 0.15) is 5.75 Å². The molecule has 1 fully saturated rings. The Labute approximate surface area is 129 Å². The molecule has 0 aliphatic heterocycles. The van der Waals surface area contributed by atoms with E-state index in [1.165, 1.54) is 32.1 Å². The average Bonchev–Trinajstić information content (AvgIpc) is 2.88. The van der Waals surface area contributed by atoms with Gasteiger partial charge >= 0.3 is 0 Å². The highest BCUT2D eigenvalue weighted by molar-refractivity contribution is 7.99. The van der Waals surface area contributed by atoms with E-state index in [0.29, 0.717) is 5.25 Å². The van der Waals surface area contributed by atoms with Crippen LogP contribution in [-0.2, 0) is 0 Å². The topological polar surface area (TPSA) is 63.9 Å². The van der Waals surface area contributed by atoms with Crippen molar-refractivity contribution in [3.63, 3.8) is 0 Å². The van der Waals surface area contributed by atoms with Gasteiger partial charge in [0.15, 0.2) is 5.16 Å². The molecular formula is C16H23N3OS. The first-order valence-electron chi connectivity index (χ1n) is 7.72. The molecule has 1 aromatic heterocycles. The summed E-state index contributed by atoms with van der Waals surface area (Å²) in [6.07, 6.45) is 7.52. The van der Waals surface area contributed by atoms with Crippen molar-refractivity contribution in [2.75, 3.05) is 7.11 Å². The second-order valence-electron chi connectivity index (χ2n) is 5.74. The third-order valence-corrected chi connectivity index (χ3v) is 5.49. The summed E-state index contributed by atoms with van der Waals surface area (Å²) in [6, 6.07) is 6.20. The van der Waals surface area contributed by atoms with Crippen LogP contribution in [0, 0.1) is 0 Å². The van der Waals surface area contributed by atoms with E-state index < -0.39 is 0 Å². The normalized spacial score (nSPS) is 23.7. The molecule has 2 atom stereocenters. The van der Waals surface area contributed by atoms with E-state index in [1.54, 1.807) is 18.9 Å². The Kier molecular flexibility index (Phi) is 4.70. The molecule has 3 N–H and O–H groups in total. The number of imidazole rings is 1. The zero-order valence-corrected chi connectivity index (χ0v) is 13.3. The summed E-state index contributed by atoms with van der Waals surface area (Å²) in [5.74, 6) is 0.852. The highest BCUT2D eigenvalue weighted by atomic mass is 32.2. The van der Waals surface area contributed by atoms with E-state index >= 15 is 0 Å². The molecule has 0 bridgehead atoms. The summed E-state index contributed by atoms with van der Waals surface area (Å²) >= 11 is 1.80. The van der Waals surface area contributed by atoms with E-state index in [4.69, 9.17) is 10.5 Å². The fourth-order valence-corrected chi connectivity index (χ4v) is 4.12. The molecule has 4 nitrogen and oxygen atoms in total. The first kappa shape index (κ1) is 14.7. The number of nitrogens with one attached hydrogen (secondary N) is 1. The zero-order chi connectivity index (χ0) is 14.7. The van der Waals surface area contributed by atoms with Crippen LogP contribution in [0.2, 0.25) is 0 Å². The molecule has 0 spiro atoms. The molecule has 0 radical (unpaired) electrons. The quantitative estimate of drug-likeness (QED) is 0.907. The van der Waals surface area contributed by atoms with Crippen LogP contribution in [0.3, 0.4) is 0 Å². The molecule has 114 valence electrons. The third-order valence-electron chi connectivity index (χ3n) is 4.18. The number of H-pyrrole nitrogens is 1. The van der Waals surface area contributed by atoms with E-state index in [0.717, 1.165) is 28.4 Å². The fraction of sp³-hybridized carbons (Fsp3) is 0.562. The number of benzene rings is 1. The van der Waals surface area contributed by atoms with Crippen LogP contribution in [-0.4, -0.2) is 28.4 Å². The highest BCUT2D eigenvalue weighted by Crippen LogP contribution is 2.32. The van der Waals surface area contributed by atoms with Crippen LogP contribution in [0.4, 0.5) is 0 Å². The van der Waals surface area contributed by atoms with Crippen molar-refractivity contribution in [1.29, 1.82) is 0 Å². The maximum absolute atomic E-state index is 6.35. The van der Waals surface area contributed by atoms with Gasteiger partial charge in [0, 0.05) is 17.4 Å². The molecule has 21 heavy (non-hydrogen) atoms. The van der Waals surface area contributed by atoms with Crippen LogP contribution < -0.4 is 10.5 Å². The average molecular weight is 305 g/mol. The third kappa shape index (κ3) is 3.52. The Morgan fingerprint density at radius 2 is 2.05 bits per heavy atom. The van der Waals surface area contributed by atoms with Crippen LogP contribution in [0.15, 0.2) is 23.4 Å². The van der Waals surface area contributed by atoms with Gasteiger partial charge in [-0.3, -0.25) is 0 Å². The monoisotopic (exact) mass is 305 g/mol. The number of aromatic amines is 1. The van der Waals surface area contributed by atoms with Gasteiger partial charge in [0.25, 0.3) is 0 Å². The Morgan fingerprint density at radius 1 is 1.24 bits per heavy atom. The smallest absolute Gasteiger partial charge is 0.166 e. The molecule has 3 rings (SSSR count). The Morgan fingerprint density at radius 3 is 2.86 bits per heavy atom. The number of methoxy groups -OCH3 is 1. The van der Waals surface area contributed by atoms with Crippen molar-refractivity contribution in [2.24, 2.45) is 5.73 Å². The molecule has 0 amide bonds. The fourth-order valence-electron chi connectivity index (χ4n) is 2.92. The Bertz CT molecular complexity index is 598. The number of fused-ring (bicyclic) bond motifs is 1. The molecular weight excluding hydrogens is 282 g/mol. The first-order chi connectivity index (χ1) is 10.3. The van der Waals surface area contributed by atoms with Crippen molar-refractivity contribution in [3.05, 3.63) is 18.2 Å². The predicted octanol–water partition coefficient (Wildman–Crippen LogP) is 3.71. The number of rotatable bonds is 3. The first-order valence-corrected chi connectivity index (χ1v) is 8.60. The van der Waals surface area contributed by atoms with Crippen LogP contribution in [0.5, 0.6) is 5.75 Å². The van der Waals surface area contributed by atoms with Crippen molar-refractivity contribution in [2.45, 2.75) is 55.0 Å². The molecule has 1 aliphatic carbocycles. The lowest BCUT2D eigenvalue weighted by molar-refractivity contribution is 0.415. The number of hydrogen-bond acceptors (Lipinski definition) is 4. The number of hydrogen-bond donors (Lipinski definition) is 2. The minimum absolute atomic E-state index is 0.276. The SMILES string of the molecule is COc1ccc2nc(SC3CCCCCCC3N)[nH]c2c1. The minimum Gasteiger partial charge on any atom is -0.497 e. The maximum Gasteiger partial charge on any atom is 0.166 e. The second kappa shape index (κ2) is 6.71. The number of nitrogens with two attached hydrogens (primary N) is 1. The highest BCUT2D eigenvalue weighted by Gasteiger charge is 2.21. The Hall–Kier alpha value is -1.20. The second-order valence-corrected chi connectivity index (χ2v) is 6.96. The largest absolute Gasteiger partial charge is 0.497 e. The number of nitrogens with zero attached hydrogens (tertiary/aromatic N) is 1. The summed E-state index contributed by atoms with van der Waals surface area (Å²) in [5.41, 5.74) is 8.36. The summed E-state index contributed by atoms with van der Waals surface area (Å²) in [7, 11) is 1.68. The molecule has 1 heterocycles. The van der Waals surface area contributed by atoms with Gasteiger partial charge in [-0.2, -0.15) is 0 Å². The Balaban J connectivity index is 1.76. The van der Waals surface area contributed by atoms with E-state index in [-0.39, 0.29) is 6.04 Å². The lowest BCUT2D eigenvalue weighted by Gasteiger charge is -2.24. The van der Waals surface area contributed by atoms with Crippen LogP contribution in [0.1, 0.15) is 38.5 Å². The lowest BCUT2D eigenvalue weighted by atomic mass is 9.97. The molecule has 0 saturated heterocycles. The molecule has 2 unspecified atom stereocenters. The van der Waals surface area contributed by atoms with Gasteiger partial charge in [-0.25, -0.2) is 4.98 Å². The molecule has 1 aromatic carbocycles. The predicted molar refractivity (Wildman–Crippen MR) is 88.0 cm³/mol. The maximum atomic E-state index is 6.35. The summed E-state index contributed by atoms with van der Waals surface area (Å²) in [4.78, 5) is 8.06. The van der Waals surface area contributed by atoms with Crippen LogP contribution in [0.25, 0.3) is 11.0 Å². The molecule has 1 aliphatic rings. The number of thioether (sulfide) groups is 1. The molecule has 2 aromatic rings. The van der Waals surface area contributed by atoms with Crippen molar-refractivity contribution in [3.8, 4) is 5.75 Å².